The standard InChI is InChI=1S/C21H35NO10/c1-7-27-17(23)22-18(24)31-14-10-28-20(11-29-19(4,5)32-20)21(25,15(14)26-6)16-13(30-16)9-8-12(2)3/h12-16,25H,7-11H2,1-6H3,(H,22,23,24)/t13-,14+,15+,16-,20-,21-/m0/s1. The van der Waals surface area contributed by atoms with Gasteiger partial charge in [0.2, 0.25) is 5.79 Å². The van der Waals surface area contributed by atoms with Gasteiger partial charge >= 0.3 is 12.2 Å². The lowest BCUT2D eigenvalue weighted by Crippen LogP contribution is -2.75. The second-order valence-corrected chi connectivity index (χ2v) is 9.19. The maximum Gasteiger partial charge on any atom is 0.417 e. The van der Waals surface area contributed by atoms with Gasteiger partial charge in [0.25, 0.3) is 0 Å². The smallest absolute Gasteiger partial charge is 0.417 e. The van der Waals surface area contributed by atoms with Crippen LogP contribution in [0.1, 0.15) is 47.5 Å². The average Bonchev–Trinajstić information content (AvgIpc) is 3.41. The summed E-state index contributed by atoms with van der Waals surface area (Å²) in [6, 6.07) is 0. The number of carbonyl (C=O) groups excluding carboxylic acids is 2. The van der Waals surface area contributed by atoms with Crippen molar-refractivity contribution < 1.29 is 47.9 Å². The van der Waals surface area contributed by atoms with Gasteiger partial charge < -0.3 is 38.3 Å². The maximum atomic E-state index is 12.2. The van der Waals surface area contributed by atoms with E-state index in [4.69, 9.17) is 28.4 Å². The summed E-state index contributed by atoms with van der Waals surface area (Å²) in [5.74, 6) is -2.12. The van der Waals surface area contributed by atoms with Crippen molar-refractivity contribution in [3.05, 3.63) is 0 Å². The van der Waals surface area contributed by atoms with Crippen molar-refractivity contribution >= 4 is 12.2 Å². The molecular weight excluding hydrogens is 426 g/mol. The van der Waals surface area contributed by atoms with Gasteiger partial charge in [0, 0.05) is 7.11 Å². The van der Waals surface area contributed by atoms with Crippen LogP contribution in [-0.4, -0.2) is 85.8 Å². The number of ether oxygens (including phenoxy) is 7. The van der Waals surface area contributed by atoms with Crippen molar-refractivity contribution in [2.24, 2.45) is 5.92 Å². The number of hydrogen-bond acceptors (Lipinski definition) is 10. The highest BCUT2D eigenvalue weighted by molar-refractivity contribution is 5.87. The van der Waals surface area contributed by atoms with Gasteiger partial charge in [-0.3, -0.25) is 0 Å². The Bertz CT molecular complexity index is 700. The van der Waals surface area contributed by atoms with Gasteiger partial charge in [0.15, 0.2) is 17.5 Å². The molecule has 2 amide bonds. The second kappa shape index (κ2) is 9.40. The number of carbonyl (C=O) groups is 2. The first-order valence-electron chi connectivity index (χ1n) is 11.0. The summed E-state index contributed by atoms with van der Waals surface area (Å²) >= 11 is 0. The summed E-state index contributed by atoms with van der Waals surface area (Å²) < 4.78 is 39.3. The normalized spacial score (nSPS) is 38.0. The third-order valence-electron chi connectivity index (χ3n) is 5.92. The first-order valence-corrected chi connectivity index (χ1v) is 11.0. The summed E-state index contributed by atoms with van der Waals surface area (Å²) in [7, 11) is 1.39. The number of aliphatic hydroxyl groups is 1. The molecule has 3 aliphatic heterocycles. The molecule has 1 spiro atoms. The summed E-state index contributed by atoms with van der Waals surface area (Å²) in [4.78, 5) is 23.7. The lowest BCUT2D eigenvalue weighted by molar-refractivity contribution is -0.382. The molecule has 3 heterocycles. The average molecular weight is 462 g/mol. The number of epoxide rings is 1. The van der Waals surface area contributed by atoms with Gasteiger partial charge in [-0.1, -0.05) is 13.8 Å². The number of alkyl carbamates (subject to hydrolysis) is 2. The largest absolute Gasteiger partial charge is 0.449 e. The van der Waals surface area contributed by atoms with E-state index in [1.54, 1.807) is 20.8 Å². The van der Waals surface area contributed by atoms with Gasteiger partial charge in [-0.05, 0) is 39.5 Å². The fraction of sp³-hybridized carbons (Fsp3) is 0.905. The summed E-state index contributed by atoms with van der Waals surface area (Å²) in [5, 5.41) is 14.0. The summed E-state index contributed by atoms with van der Waals surface area (Å²) in [6.07, 6.45) is -3.38. The molecule has 3 fully saturated rings. The summed E-state index contributed by atoms with van der Waals surface area (Å²) in [5.41, 5.74) is -1.84. The van der Waals surface area contributed by atoms with E-state index in [0.29, 0.717) is 5.92 Å². The van der Waals surface area contributed by atoms with E-state index in [-0.39, 0.29) is 25.9 Å². The minimum absolute atomic E-state index is 0.0607. The van der Waals surface area contributed by atoms with E-state index in [2.05, 4.69) is 18.6 Å². The Morgan fingerprint density at radius 3 is 2.50 bits per heavy atom. The van der Waals surface area contributed by atoms with Crippen LogP contribution in [0.2, 0.25) is 0 Å². The van der Waals surface area contributed by atoms with Crippen molar-refractivity contribution in [3.8, 4) is 0 Å². The number of hydrogen-bond donors (Lipinski definition) is 2. The van der Waals surface area contributed by atoms with E-state index in [1.165, 1.54) is 7.11 Å². The minimum Gasteiger partial charge on any atom is -0.449 e. The Morgan fingerprint density at radius 1 is 1.22 bits per heavy atom. The highest BCUT2D eigenvalue weighted by atomic mass is 16.8. The Balaban J connectivity index is 1.82. The molecule has 0 radical (unpaired) electrons. The molecule has 184 valence electrons. The van der Waals surface area contributed by atoms with E-state index in [0.717, 1.165) is 12.8 Å². The molecule has 11 nitrogen and oxygen atoms in total. The van der Waals surface area contributed by atoms with Gasteiger partial charge in [-0.2, -0.15) is 0 Å². The number of imide groups is 1. The van der Waals surface area contributed by atoms with E-state index in [9.17, 15) is 14.7 Å². The second-order valence-electron chi connectivity index (χ2n) is 9.19. The molecule has 0 saturated carbocycles. The SMILES string of the molecule is CCOC(=O)NC(=O)O[C@@H]1CO[C@]2(COC(C)(C)O2)[C@@](O)([C@H]2O[C@H]2CCC(C)C)[C@@H]1OC. The Kier molecular flexibility index (Phi) is 7.38. The first kappa shape index (κ1) is 25.1. The number of methoxy groups -OCH3 is 1. The van der Waals surface area contributed by atoms with E-state index >= 15 is 0 Å². The first-order chi connectivity index (χ1) is 15.0. The number of nitrogens with one attached hydrogen (secondary N) is 1. The molecule has 0 aromatic heterocycles. The third kappa shape index (κ3) is 4.87. The molecule has 3 rings (SSSR count). The van der Waals surface area contributed by atoms with Crippen molar-refractivity contribution in [3.63, 3.8) is 0 Å². The van der Waals surface area contributed by atoms with Crippen molar-refractivity contribution in [2.45, 2.75) is 89.1 Å². The lowest BCUT2D eigenvalue weighted by atomic mass is 9.77. The summed E-state index contributed by atoms with van der Waals surface area (Å²) in [6.45, 7) is 9.14. The molecule has 3 aliphatic rings. The van der Waals surface area contributed by atoms with Crippen LogP contribution in [0.15, 0.2) is 0 Å². The zero-order valence-corrected chi connectivity index (χ0v) is 19.5. The van der Waals surface area contributed by atoms with Crippen LogP contribution >= 0.6 is 0 Å². The van der Waals surface area contributed by atoms with Crippen LogP contribution in [0, 0.1) is 5.92 Å². The zero-order chi connectivity index (χ0) is 23.7. The molecule has 6 atom stereocenters. The molecule has 32 heavy (non-hydrogen) atoms. The molecule has 0 bridgehead atoms. The van der Waals surface area contributed by atoms with Gasteiger partial charge in [0.1, 0.15) is 18.8 Å². The van der Waals surface area contributed by atoms with Crippen LogP contribution in [0.25, 0.3) is 0 Å². The third-order valence-corrected chi connectivity index (χ3v) is 5.92. The fourth-order valence-corrected chi connectivity index (χ4v) is 4.38. The molecule has 11 heteroatoms. The molecule has 0 aliphatic carbocycles. The van der Waals surface area contributed by atoms with Crippen molar-refractivity contribution in [1.29, 1.82) is 0 Å². The monoisotopic (exact) mass is 461 g/mol. The van der Waals surface area contributed by atoms with Crippen molar-refractivity contribution in [1.82, 2.24) is 5.32 Å². The molecule has 0 aromatic rings. The minimum atomic E-state index is -1.84. The highest BCUT2D eigenvalue weighted by Crippen LogP contribution is 2.53. The quantitative estimate of drug-likeness (QED) is 0.539. The van der Waals surface area contributed by atoms with Crippen molar-refractivity contribution in [2.75, 3.05) is 26.9 Å². The Hall–Kier alpha value is -1.50. The van der Waals surface area contributed by atoms with Crippen LogP contribution in [0.5, 0.6) is 0 Å². The van der Waals surface area contributed by atoms with E-state index in [1.807, 2.05) is 5.32 Å². The molecular formula is C21H35NO10. The molecule has 0 aromatic carbocycles. The molecule has 2 N–H and O–H groups in total. The van der Waals surface area contributed by atoms with Crippen LogP contribution in [0.3, 0.4) is 0 Å². The molecule has 3 saturated heterocycles. The van der Waals surface area contributed by atoms with Crippen LogP contribution in [-0.2, 0) is 33.2 Å². The van der Waals surface area contributed by atoms with Crippen LogP contribution < -0.4 is 5.32 Å². The van der Waals surface area contributed by atoms with Gasteiger partial charge in [0.05, 0.1) is 19.3 Å². The number of amides is 2. The van der Waals surface area contributed by atoms with Gasteiger partial charge in [-0.25, -0.2) is 14.9 Å². The van der Waals surface area contributed by atoms with Gasteiger partial charge in [-0.15, -0.1) is 0 Å². The predicted octanol–water partition coefficient (Wildman–Crippen LogP) is 1.70. The Morgan fingerprint density at radius 2 is 1.94 bits per heavy atom. The van der Waals surface area contributed by atoms with E-state index < -0.39 is 47.7 Å². The zero-order valence-electron chi connectivity index (χ0n) is 19.5. The predicted molar refractivity (Wildman–Crippen MR) is 109 cm³/mol. The Labute approximate surface area is 187 Å². The topological polar surface area (TPSA) is 134 Å². The number of rotatable bonds is 7. The lowest BCUT2D eigenvalue weighted by Gasteiger charge is -2.51. The molecule has 0 unspecified atom stereocenters. The highest BCUT2D eigenvalue weighted by Gasteiger charge is 2.76. The van der Waals surface area contributed by atoms with Crippen LogP contribution in [0.4, 0.5) is 9.59 Å². The maximum absolute atomic E-state index is 12.2. The fourth-order valence-electron chi connectivity index (χ4n) is 4.38.